The van der Waals surface area contributed by atoms with E-state index >= 15 is 0 Å². The monoisotopic (exact) mass is 398 g/mol. The second-order valence-corrected chi connectivity index (χ2v) is 9.56. The minimum absolute atomic E-state index is 0.128. The number of nitrogens with zero attached hydrogens (tertiary/aromatic N) is 2. The summed E-state index contributed by atoms with van der Waals surface area (Å²) in [7, 11) is -3.70. The molecule has 1 aromatic rings. The molecule has 2 fully saturated rings. The van der Waals surface area contributed by atoms with Crippen LogP contribution in [0.15, 0.2) is 18.2 Å². The van der Waals surface area contributed by atoms with Crippen LogP contribution in [-0.2, 0) is 14.8 Å². The van der Waals surface area contributed by atoms with E-state index in [1.54, 1.807) is 6.92 Å². The lowest BCUT2D eigenvalue weighted by Crippen LogP contribution is -2.47. The number of carbonyl (C=O) groups excluding carboxylic acids is 2. The van der Waals surface area contributed by atoms with Crippen LogP contribution < -0.4 is 4.31 Å². The number of hydrogen-bond acceptors (Lipinski definition) is 4. The highest BCUT2D eigenvalue weighted by Gasteiger charge is 2.42. The van der Waals surface area contributed by atoms with E-state index < -0.39 is 21.8 Å². The first kappa shape index (κ1) is 19.2. The van der Waals surface area contributed by atoms with Gasteiger partial charge in [-0.1, -0.05) is 18.5 Å². The molecule has 8 heteroatoms. The van der Waals surface area contributed by atoms with Crippen LogP contribution in [0.3, 0.4) is 0 Å². The lowest BCUT2D eigenvalue weighted by atomic mass is 9.96. The molecule has 0 bridgehead atoms. The fraction of sp³-hybridized carbons (Fsp3) is 0.556. The summed E-state index contributed by atoms with van der Waals surface area (Å²) in [5, 5.41) is 0.153. The number of amides is 2. The van der Waals surface area contributed by atoms with E-state index in [1.807, 2.05) is 18.7 Å². The van der Waals surface area contributed by atoms with Gasteiger partial charge in [0.2, 0.25) is 15.9 Å². The Hall–Kier alpha value is -1.60. The first-order chi connectivity index (χ1) is 12.1. The Morgan fingerprint density at radius 1 is 1.15 bits per heavy atom. The highest BCUT2D eigenvalue weighted by Crippen LogP contribution is 2.33. The molecule has 6 nitrogen and oxygen atoms in total. The standard InChI is InChI=1S/C18H23ClN2O4S/c1-11-10-26(24,25)21(17(11)22)14-7-8-15(16(19)9-14)18(23)20-12(2)5-4-6-13(20)3/h7-9,11-13H,4-6,10H2,1-3H3/t11?,12-,13+. The molecule has 26 heavy (non-hydrogen) atoms. The van der Waals surface area contributed by atoms with Crippen LogP contribution in [-0.4, -0.2) is 43.0 Å². The predicted molar refractivity (Wildman–Crippen MR) is 101 cm³/mol. The van der Waals surface area contributed by atoms with Gasteiger partial charge in [-0.15, -0.1) is 0 Å². The Balaban J connectivity index is 1.93. The molecule has 2 aliphatic heterocycles. The molecule has 0 aliphatic carbocycles. The van der Waals surface area contributed by atoms with Gasteiger partial charge < -0.3 is 4.90 Å². The van der Waals surface area contributed by atoms with Crippen molar-refractivity contribution in [1.29, 1.82) is 0 Å². The number of carbonyl (C=O) groups is 2. The topological polar surface area (TPSA) is 74.8 Å². The summed E-state index contributed by atoms with van der Waals surface area (Å²) in [6, 6.07) is 4.64. The zero-order valence-electron chi connectivity index (χ0n) is 15.1. The maximum atomic E-state index is 13.0. The van der Waals surface area contributed by atoms with Gasteiger partial charge in [0.05, 0.1) is 27.9 Å². The van der Waals surface area contributed by atoms with Crippen molar-refractivity contribution in [3.8, 4) is 0 Å². The van der Waals surface area contributed by atoms with Crippen molar-refractivity contribution in [3.05, 3.63) is 28.8 Å². The molecular weight excluding hydrogens is 376 g/mol. The fourth-order valence-electron chi connectivity index (χ4n) is 3.85. The summed E-state index contributed by atoms with van der Waals surface area (Å²) in [6.45, 7) is 5.62. The van der Waals surface area contributed by atoms with Gasteiger partial charge >= 0.3 is 0 Å². The van der Waals surface area contributed by atoms with Gasteiger partial charge in [-0.25, -0.2) is 12.7 Å². The van der Waals surface area contributed by atoms with Crippen LogP contribution >= 0.6 is 11.6 Å². The van der Waals surface area contributed by atoms with Gasteiger partial charge in [0.25, 0.3) is 5.91 Å². The summed E-state index contributed by atoms with van der Waals surface area (Å²) in [5.74, 6) is -1.44. The number of benzene rings is 1. The van der Waals surface area contributed by atoms with E-state index in [0.29, 0.717) is 5.56 Å². The largest absolute Gasteiger partial charge is 0.333 e. The van der Waals surface area contributed by atoms with Gasteiger partial charge in [-0.2, -0.15) is 0 Å². The SMILES string of the molecule is CC1CS(=O)(=O)N(c2ccc(C(=O)N3[C@H](C)CCC[C@@H]3C)c(Cl)c2)C1=O. The molecule has 1 aromatic carbocycles. The average molecular weight is 399 g/mol. The molecule has 2 heterocycles. The lowest BCUT2D eigenvalue weighted by Gasteiger charge is -2.39. The van der Waals surface area contributed by atoms with Crippen LogP contribution in [0, 0.1) is 5.92 Å². The number of anilines is 1. The van der Waals surface area contributed by atoms with E-state index in [2.05, 4.69) is 0 Å². The molecule has 0 aromatic heterocycles. The summed E-state index contributed by atoms with van der Waals surface area (Å²) in [5.41, 5.74) is 0.508. The third-order valence-corrected chi connectivity index (χ3v) is 7.39. The average Bonchev–Trinajstić information content (AvgIpc) is 2.74. The molecular formula is C18H23ClN2O4S. The summed E-state index contributed by atoms with van der Waals surface area (Å²) >= 11 is 6.31. The van der Waals surface area contributed by atoms with Crippen molar-refractivity contribution >= 4 is 39.1 Å². The van der Waals surface area contributed by atoms with Crippen LogP contribution in [0.5, 0.6) is 0 Å². The van der Waals surface area contributed by atoms with Gasteiger partial charge in [0.15, 0.2) is 0 Å². The zero-order valence-corrected chi connectivity index (χ0v) is 16.7. The molecule has 142 valence electrons. The van der Waals surface area contributed by atoms with E-state index in [0.717, 1.165) is 23.6 Å². The molecule has 2 aliphatic rings. The van der Waals surface area contributed by atoms with Crippen LogP contribution in [0.1, 0.15) is 50.4 Å². The molecule has 0 spiro atoms. The molecule has 0 saturated carbocycles. The lowest BCUT2D eigenvalue weighted by molar-refractivity contribution is -0.119. The Morgan fingerprint density at radius 3 is 2.27 bits per heavy atom. The van der Waals surface area contributed by atoms with Crippen LogP contribution in [0.2, 0.25) is 5.02 Å². The zero-order chi connectivity index (χ0) is 19.2. The molecule has 3 atom stereocenters. The van der Waals surface area contributed by atoms with Crippen molar-refractivity contribution in [2.24, 2.45) is 5.92 Å². The Kier molecular flexibility index (Phi) is 5.05. The van der Waals surface area contributed by atoms with Gasteiger partial charge in [-0.05, 0) is 51.3 Å². The third kappa shape index (κ3) is 3.22. The van der Waals surface area contributed by atoms with E-state index in [4.69, 9.17) is 11.6 Å². The quantitative estimate of drug-likeness (QED) is 0.767. The smallest absolute Gasteiger partial charge is 0.255 e. The van der Waals surface area contributed by atoms with Crippen molar-refractivity contribution < 1.29 is 18.0 Å². The third-order valence-electron chi connectivity index (χ3n) is 5.21. The molecule has 2 saturated heterocycles. The Morgan fingerprint density at radius 2 is 1.77 bits per heavy atom. The minimum Gasteiger partial charge on any atom is -0.333 e. The summed E-state index contributed by atoms with van der Waals surface area (Å²) < 4.78 is 25.3. The van der Waals surface area contributed by atoms with Crippen molar-refractivity contribution in [1.82, 2.24) is 4.90 Å². The van der Waals surface area contributed by atoms with Gasteiger partial charge in [0.1, 0.15) is 0 Å². The summed E-state index contributed by atoms with van der Waals surface area (Å²) in [6.07, 6.45) is 2.99. The normalized spacial score (nSPS) is 28.5. The number of likely N-dealkylation sites (tertiary alicyclic amines) is 1. The predicted octanol–water partition coefficient (Wildman–Crippen LogP) is 3.06. The molecule has 3 rings (SSSR count). The number of sulfonamides is 1. The number of piperidine rings is 1. The first-order valence-corrected chi connectivity index (χ1v) is 10.8. The number of halogens is 1. The van der Waals surface area contributed by atoms with Crippen molar-refractivity contribution in [3.63, 3.8) is 0 Å². The second-order valence-electron chi connectivity index (χ2n) is 7.29. The van der Waals surface area contributed by atoms with E-state index in [9.17, 15) is 18.0 Å². The minimum atomic E-state index is -3.70. The van der Waals surface area contributed by atoms with E-state index in [-0.39, 0.29) is 34.5 Å². The Labute approximate surface area is 159 Å². The van der Waals surface area contributed by atoms with Gasteiger partial charge in [-0.3, -0.25) is 9.59 Å². The van der Waals surface area contributed by atoms with Crippen LogP contribution in [0.4, 0.5) is 5.69 Å². The molecule has 1 unspecified atom stereocenters. The molecule has 2 amide bonds. The second kappa shape index (κ2) is 6.85. The number of hydrogen-bond donors (Lipinski definition) is 0. The molecule has 0 N–H and O–H groups in total. The highest BCUT2D eigenvalue weighted by molar-refractivity contribution is 7.94. The van der Waals surface area contributed by atoms with Crippen LogP contribution in [0.25, 0.3) is 0 Å². The summed E-state index contributed by atoms with van der Waals surface area (Å²) in [4.78, 5) is 27.0. The van der Waals surface area contributed by atoms with E-state index in [1.165, 1.54) is 18.2 Å². The number of rotatable bonds is 2. The maximum Gasteiger partial charge on any atom is 0.255 e. The first-order valence-electron chi connectivity index (χ1n) is 8.82. The molecule has 0 radical (unpaired) electrons. The highest BCUT2D eigenvalue weighted by atomic mass is 35.5. The Bertz CT molecular complexity index is 845. The fourth-order valence-corrected chi connectivity index (χ4v) is 5.92. The maximum absolute atomic E-state index is 13.0. The van der Waals surface area contributed by atoms with Crippen molar-refractivity contribution in [2.45, 2.75) is 52.1 Å². The van der Waals surface area contributed by atoms with Crippen molar-refractivity contribution in [2.75, 3.05) is 10.1 Å². The van der Waals surface area contributed by atoms with Gasteiger partial charge in [0, 0.05) is 12.1 Å².